The largest absolute Gasteiger partial charge is 0.493 e. The summed E-state index contributed by atoms with van der Waals surface area (Å²) in [6, 6.07) is 4.39. The highest BCUT2D eigenvalue weighted by Crippen LogP contribution is 2.39. The number of benzene rings is 1. The number of methoxy groups -OCH3 is 1. The molecule has 0 spiro atoms. The summed E-state index contributed by atoms with van der Waals surface area (Å²) in [4.78, 5) is 0. The first-order valence-electron chi connectivity index (χ1n) is 7.02. The van der Waals surface area contributed by atoms with E-state index in [2.05, 4.69) is 5.32 Å². The van der Waals surface area contributed by atoms with E-state index >= 15 is 0 Å². The van der Waals surface area contributed by atoms with Gasteiger partial charge in [0.05, 0.1) is 13.2 Å². The minimum absolute atomic E-state index is 0.366. The Labute approximate surface area is 119 Å². The van der Waals surface area contributed by atoms with Crippen LogP contribution in [-0.4, -0.2) is 25.8 Å². The molecule has 0 radical (unpaired) electrons. The molecule has 2 fully saturated rings. The molecule has 1 aromatic rings. The second kappa shape index (κ2) is 5.59. The van der Waals surface area contributed by atoms with Gasteiger partial charge in [-0.2, -0.15) is 0 Å². The van der Waals surface area contributed by atoms with Crippen molar-refractivity contribution >= 4 is 11.6 Å². The number of rotatable bonds is 5. The molecule has 1 N–H and O–H groups in total. The minimum atomic E-state index is 0.366. The summed E-state index contributed by atoms with van der Waals surface area (Å²) < 4.78 is 11.5. The Morgan fingerprint density at radius 2 is 2.16 bits per heavy atom. The van der Waals surface area contributed by atoms with E-state index in [4.69, 9.17) is 21.1 Å². The van der Waals surface area contributed by atoms with Crippen molar-refractivity contribution in [1.82, 2.24) is 5.32 Å². The zero-order valence-electron chi connectivity index (χ0n) is 11.2. The molecule has 1 aromatic carbocycles. The average molecular weight is 282 g/mol. The van der Waals surface area contributed by atoms with E-state index < -0.39 is 0 Å². The molecule has 1 heterocycles. The van der Waals surface area contributed by atoms with Crippen LogP contribution in [0.5, 0.6) is 11.5 Å². The van der Waals surface area contributed by atoms with Gasteiger partial charge in [0.2, 0.25) is 0 Å². The van der Waals surface area contributed by atoms with Gasteiger partial charge in [0.15, 0.2) is 11.5 Å². The van der Waals surface area contributed by atoms with Gasteiger partial charge in [-0.1, -0.05) is 11.6 Å². The number of nitrogens with one attached hydrogen (secondary N) is 1. The van der Waals surface area contributed by atoms with Gasteiger partial charge < -0.3 is 14.8 Å². The van der Waals surface area contributed by atoms with Crippen molar-refractivity contribution in [2.45, 2.75) is 44.2 Å². The van der Waals surface area contributed by atoms with Crippen molar-refractivity contribution in [3.8, 4) is 11.5 Å². The SMILES string of the molecule is COc1cc(Cl)cc(CC2CCCN2)c1OC1CC1. The van der Waals surface area contributed by atoms with Crippen LogP contribution in [0, 0.1) is 0 Å². The van der Waals surface area contributed by atoms with Gasteiger partial charge in [0.25, 0.3) is 0 Å². The zero-order chi connectivity index (χ0) is 13.2. The Morgan fingerprint density at radius 3 is 2.79 bits per heavy atom. The van der Waals surface area contributed by atoms with Gasteiger partial charge in [0, 0.05) is 22.7 Å². The molecule has 0 amide bonds. The van der Waals surface area contributed by atoms with Crippen LogP contribution in [0.1, 0.15) is 31.2 Å². The molecule has 0 bridgehead atoms. The van der Waals surface area contributed by atoms with E-state index in [1.807, 2.05) is 12.1 Å². The predicted molar refractivity (Wildman–Crippen MR) is 76.4 cm³/mol. The number of ether oxygens (including phenoxy) is 2. The Balaban J connectivity index is 1.87. The van der Waals surface area contributed by atoms with E-state index in [0.717, 1.165) is 42.9 Å². The first-order chi connectivity index (χ1) is 9.26. The molecule has 0 aromatic heterocycles. The van der Waals surface area contributed by atoms with Crippen molar-refractivity contribution in [1.29, 1.82) is 0 Å². The quantitative estimate of drug-likeness (QED) is 0.899. The molecule has 3 nitrogen and oxygen atoms in total. The lowest BCUT2D eigenvalue weighted by molar-refractivity contribution is 0.278. The highest BCUT2D eigenvalue weighted by atomic mass is 35.5. The van der Waals surface area contributed by atoms with Gasteiger partial charge in [-0.3, -0.25) is 0 Å². The maximum absolute atomic E-state index is 6.18. The number of hydrogen-bond acceptors (Lipinski definition) is 3. The van der Waals surface area contributed by atoms with E-state index in [-0.39, 0.29) is 0 Å². The average Bonchev–Trinajstić information content (AvgIpc) is 3.07. The minimum Gasteiger partial charge on any atom is -0.493 e. The number of hydrogen-bond donors (Lipinski definition) is 1. The lowest BCUT2D eigenvalue weighted by Gasteiger charge is -2.18. The molecule has 1 saturated carbocycles. The third-order valence-corrected chi connectivity index (χ3v) is 3.97. The summed E-state index contributed by atoms with van der Waals surface area (Å²) in [5, 5.41) is 4.23. The molecule has 2 aliphatic rings. The van der Waals surface area contributed by atoms with Gasteiger partial charge in [0.1, 0.15) is 0 Å². The molecule has 19 heavy (non-hydrogen) atoms. The van der Waals surface area contributed by atoms with Crippen LogP contribution in [0.2, 0.25) is 5.02 Å². The molecule has 1 aliphatic carbocycles. The first-order valence-corrected chi connectivity index (χ1v) is 7.40. The van der Waals surface area contributed by atoms with Crippen molar-refractivity contribution in [2.24, 2.45) is 0 Å². The molecule has 3 rings (SSSR count). The van der Waals surface area contributed by atoms with Crippen molar-refractivity contribution in [3.63, 3.8) is 0 Å². The normalized spacial score (nSPS) is 22.5. The molecule has 1 unspecified atom stereocenters. The third-order valence-electron chi connectivity index (χ3n) is 3.75. The van der Waals surface area contributed by atoms with Gasteiger partial charge in [-0.05, 0) is 44.7 Å². The van der Waals surface area contributed by atoms with E-state index in [1.165, 1.54) is 12.8 Å². The lowest BCUT2D eigenvalue weighted by atomic mass is 10.0. The molecular formula is C15H20ClNO2. The molecular weight excluding hydrogens is 262 g/mol. The van der Waals surface area contributed by atoms with Crippen LogP contribution in [0.25, 0.3) is 0 Å². The molecule has 104 valence electrons. The summed E-state index contributed by atoms with van der Waals surface area (Å²) in [5.74, 6) is 1.65. The fourth-order valence-corrected chi connectivity index (χ4v) is 2.84. The second-order valence-corrected chi connectivity index (χ2v) is 5.85. The van der Waals surface area contributed by atoms with E-state index in [9.17, 15) is 0 Å². The standard InChI is InChI=1S/C15H20ClNO2/c1-18-14-9-11(16)7-10(8-12-3-2-6-17-12)15(14)19-13-4-5-13/h7,9,12-13,17H,2-6,8H2,1H3. The summed E-state index contributed by atoms with van der Waals surface area (Å²) in [6.45, 7) is 1.11. The van der Waals surface area contributed by atoms with Gasteiger partial charge in [-0.15, -0.1) is 0 Å². The molecule has 1 atom stereocenters. The summed E-state index contributed by atoms with van der Waals surface area (Å²) in [5.41, 5.74) is 1.16. The smallest absolute Gasteiger partial charge is 0.164 e. The molecule has 1 saturated heterocycles. The Bertz CT molecular complexity index is 454. The summed E-state index contributed by atoms with van der Waals surface area (Å²) in [6.07, 6.45) is 6.09. The second-order valence-electron chi connectivity index (χ2n) is 5.41. The van der Waals surface area contributed by atoms with Crippen molar-refractivity contribution in [2.75, 3.05) is 13.7 Å². The van der Waals surface area contributed by atoms with Crippen LogP contribution >= 0.6 is 11.6 Å². The van der Waals surface area contributed by atoms with Crippen LogP contribution in [0.4, 0.5) is 0 Å². The molecule has 4 heteroatoms. The van der Waals surface area contributed by atoms with Crippen LogP contribution in [-0.2, 0) is 6.42 Å². The van der Waals surface area contributed by atoms with Crippen LogP contribution < -0.4 is 14.8 Å². The Kier molecular flexibility index (Phi) is 3.85. The maximum atomic E-state index is 6.18. The zero-order valence-corrected chi connectivity index (χ0v) is 12.0. The Hall–Kier alpha value is -0.930. The van der Waals surface area contributed by atoms with Crippen molar-refractivity contribution < 1.29 is 9.47 Å². The van der Waals surface area contributed by atoms with Crippen LogP contribution in [0.3, 0.4) is 0 Å². The van der Waals surface area contributed by atoms with E-state index in [0.29, 0.717) is 17.2 Å². The highest BCUT2D eigenvalue weighted by Gasteiger charge is 2.27. The summed E-state index contributed by atoms with van der Waals surface area (Å²) >= 11 is 6.18. The van der Waals surface area contributed by atoms with Gasteiger partial charge >= 0.3 is 0 Å². The lowest BCUT2D eigenvalue weighted by Crippen LogP contribution is -2.24. The van der Waals surface area contributed by atoms with E-state index in [1.54, 1.807) is 7.11 Å². The maximum Gasteiger partial charge on any atom is 0.164 e. The van der Waals surface area contributed by atoms with Gasteiger partial charge in [-0.25, -0.2) is 0 Å². The fourth-order valence-electron chi connectivity index (χ4n) is 2.61. The highest BCUT2D eigenvalue weighted by molar-refractivity contribution is 6.30. The fraction of sp³-hybridized carbons (Fsp3) is 0.600. The van der Waals surface area contributed by atoms with Crippen molar-refractivity contribution in [3.05, 3.63) is 22.7 Å². The Morgan fingerprint density at radius 1 is 1.32 bits per heavy atom. The summed E-state index contributed by atoms with van der Waals surface area (Å²) in [7, 11) is 1.67. The van der Waals surface area contributed by atoms with Crippen LogP contribution in [0.15, 0.2) is 12.1 Å². The third kappa shape index (κ3) is 3.15. The predicted octanol–water partition coefficient (Wildman–Crippen LogP) is 3.18. The monoisotopic (exact) mass is 281 g/mol. The number of halogens is 1. The first kappa shape index (κ1) is 13.1. The topological polar surface area (TPSA) is 30.5 Å². The molecule has 1 aliphatic heterocycles.